The number of anilines is 1. The van der Waals surface area contributed by atoms with Gasteiger partial charge < -0.3 is 14.7 Å². The molecule has 4 heteroatoms. The minimum Gasteiger partial charge on any atom is -0.415 e. The number of hydrogen-bond acceptors (Lipinski definition) is 2. The number of aromatic nitrogens is 1. The number of nitrogens with two attached hydrogens (primary N) is 1. The fourth-order valence-corrected chi connectivity index (χ4v) is 4.02. The quantitative estimate of drug-likeness (QED) is 0.450. The minimum atomic E-state index is -1.72. The van der Waals surface area contributed by atoms with Crippen molar-refractivity contribution in [2.24, 2.45) is 0 Å². The van der Waals surface area contributed by atoms with Crippen molar-refractivity contribution in [3.63, 3.8) is 0 Å². The second-order valence-corrected chi connectivity index (χ2v) is 13.3. The SMILES string of the molecule is CC(C)(C)[Si](C)(C)OCCn1cc(-c2cccc(N)c2)c2ccccc21. The van der Waals surface area contributed by atoms with E-state index >= 15 is 0 Å². The van der Waals surface area contributed by atoms with Crippen LogP contribution in [0.2, 0.25) is 18.1 Å². The molecule has 2 N–H and O–H groups in total. The van der Waals surface area contributed by atoms with Crippen LogP contribution in [0.1, 0.15) is 20.8 Å². The number of hydrogen-bond donors (Lipinski definition) is 1. The van der Waals surface area contributed by atoms with Crippen LogP contribution in [0.4, 0.5) is 5.69 Å². The van der Waals surface area contributed by atoms with E-state index in [1.54, 1.807) is 0 Å². The lowest BCUT2D eigenvalue weighted by Gasteiger charge is -2.36. The van der Waals surface area contributed by atoms with Crippen molar-refractivity contribution in [2.75, 3.05) is 12.3 Å². The molecule has 0 aliphatic rings. The number of benzene rings is 2. The average molecular weight is 367 g/mol. The first-order valence-electron chi connectivity index (χ1n) is 9.27. The largest absolute Gasteiger partial charge is 0.415 e. The highest BCUT2D eigenvalue weighted by molar-refractivity contribution is 6.74. The highest BCUT2D eigenvalue weighted by Gasteiger charge is 2.36. The number of nitrogen functional groups attached to an aromatic ring is 1. The summed E-state index contributed by atoms with van der Waals surface area (Å²) >= 11 is 0. The van der Waals surface area contributed by atoms with E-state index in [9.17, 15) is 0 Å². The van der Waals surface area contributed by atoms with Crippen LogP contribution < -0.4 is 5.73 Å². The van der Waals surface area contributed by atoms with Gasteiger partial charge in [-0.25, -0.2) is 0 Å². The highest BCUT2D eigenvalue weighted by Crippen LogP contribution is 2.37. The first-order chi connectivity index (χ1) is 12.2. The van der Waals surface area contributed by atoms with Gasteiger partial charge in [0.05, 0.1) is 6.61 Å². The number of fused-ring (bicyclic) bond motifs is 1. The fraction of sp³-hybridized carbons (Fsp3) is 0.364. The van der Waals surface area contributed by atoms with Gasteiger partial charge in [0.1, 0.15) is 0 Å². The third kappa shape index (κ3) is 3.71. The molecule has 0 aliphatic heterocycles. The van der Waals surface area contributed by atoms with E-state index in [0.29, 0.717) is 0 Å². The summed E-state index contributed by atoms with van der Waals surface area (Å²) in [7, 11) is -1.72. The van der Waals surface area contributed by atoms with Crippen molar-refractivity contribution in [3.8, 4) is 11.1 Å². The van der Waals surface area contributed by atoms with Crippen LogP contribution in [0.3, 0.4) is 0 Å². The van der Waals surface area contributed by atoms with Gasteiger partial charge in [-0.2, -0.15) is 0 Å². The van der Waals surface area contributed by atoms with Crippen molar-refractivity contribution >= 4 is 24.9 Å². The lowest BCUT2D eigenvalue weighted by atomic mass is 10.0. The Morgan fingerprint density at radius 3 is 2.46 bits per heavy atom. The van der Waals surface area contributed by atoms with E-state index in [1.165, 1.54) is 16.5 Å². The molecule has 0 fully saturated rings. The van der Waals surface area contributed by atoms with Crippen molar-refractivity contribution < 1.29 is 4.43 Å². The van der Waals surface area contributed by atoms with Gasteiger partial charge in [0.25, 0.3) is 0 Å². The molecule has 0 saturated heterocycles. The molecule has 0 unspecified atom stereocenters. The first kappa shape index (κ1) is 18.7. The van der Waals surface area contributed by atoms with Crippen molar-refractivity contribution in [2.45, 2.75) is 45.4 Å². The Labute approximate surface area is 157 Å². The maximum Gasteiger partial charge on any atom is 0.192 e. The molecule has 138 valence electrons. The summed E-state index contributed by atoms with van der Waals surface area (Å²) in [6.07, 6.45) is 2.23. The summed E-state index contributed by atoms with van der Waals surface area (Å²) < 4.78 is 8.69. The van der Waals surface area contributed by atoms with Gasteiger partial charge in [-0.05, 0) is 41.9 Å². The molecule has 0 amide bonds. The molecule has 26 heavy (non-hydrogen) atoms. The maximum absolute atomic E-state index is 6.38. The molecule has 1 aromatic heterocycles. The summed E-state index contributed by atoms with van der Waals surface area (Å²) in [4.78, 5) is 0. The predicted octanol–water partition coefficient (Wildman–Crippen LogP) is 5.91. The van der Waals surface area contributed by atoms with Gasteiger partial charge in [-0.3, -0.25) is 0 Å². The number of para-hydroxylation sites is 1. The fourth-order valence-electron chi connectivity index (χ4n) is 2.98. The van der Waals surface area contributed by atoms with E-state index in [0.717, 1.165) is 24.4 Å². The molecule has 0 spiro atoms. The van der Waals surface area contributed by atoms with Gasteiger partial charge >= 0.3 is 0 Å². The topological polar surface area (TPSA) is 40.2 Å². The van der Waals surface area contributed by atoms with E-state index in [2.05, 4.69) is 75.0 Å². The summed E-state index contributed by atoms with van der Waals surface area (Å²) in [5.41, 5.74) is 10.4. The van der Waals surface area contributed by atoms with E-state index < -0.39 is 8.32 Å². The Hall–Kier alpha value is -2.04. The van der Waals surface area contributed by atoms with Crippen LogP contribution in [0.5, 0.6) is 0 Å². The molecule has 2 aromatic carbocycles. The van der Waals surface area contributed by atoms with Crippen LogP contribution in [-0.4, -0.2) is 19.5 Å². The number of nitrogens with zero attached hydrogens (tertiary/aromatic N) is 1. The molecule has 0 atom stereocenters. The third-order valence-corrected chi connectivity index (χ3v) is 10.1. The Kier molecular flexibility index (Phi) is 5.00. The molecule has 0 bridgehead atoms. The molecule has 0 aliphatic carbocycles. The Bertz CT molecular complexity index is 906. The minimum absolute atomic E-state index is 0.235. The Morgan fingerprint density at radius 2 is 1.77 bits per heavy atom. The summed E-state index contributed by atoms with van der Waals surface area (Å²) in [6, 6.07) is 16.6. The van der Waals surface area contributed by atoms with Gasteiger partial charge in [0.2, 0.25) is 0 Å². The lowest BCUT2D eigenvalue weighted by molar-refractivity contribution is 0.273. The van der Waals surface area contributed by atoms with E-state index in [4.69, 9.17) is 10.2 Å². The predicted molar refractivity (Wildman–Crippen MR) is 115 cm³/mol. The lowest BCUT2D eigenvalue weighted by Crippen LogP contribution is -2.41. The normalized spacial score (nSPS) is 12.7. The standard InChI is InChI=1S/C22H30N2OSi/c1-22(2,3)26(4,5)25-14-13-24-16-20(17-9-8-10-18(23)15-17)19-11-6-7-12-21(19)24/h6-12,15-16H,13-14,23H2,1-5H3. The van der Waals surface area contributed by atoms with Crippen LogP contribution in [0, 0.1) is 0 Å². The molecule has 0 radical (unpaired) electrons. The second kappa shape index (κ2) is 6.93. The molecule has 3 aromatic rings. The molecule has 3 nitrogen and oxygen atoms in total. The van der Waals surface area contributed by atoms with Crippen LogP contribution in [-0.2, 0) is 11.0 Å². The summed E-state index contributed by atoms with van der Waals surface area (Å²) in [6.45, 7) is 13.0. The van der Waals surface area contributed by atoms with Gasteiger partial charge in [0, 0.05) is 34.9 Å². The summed E-state index contributed by atoms with van der Waals surface area (Å²) in [5, 5.41) is 1.49. The Morgan fingerprint density at radius 1 is 1.04 bits per heavy atom. The molecule has 3 rings (SSSR count). The molecular formula is C22H30N2OSi. The van der Waals surface area contributed by atoms with Crippen LogP contribution >= 0.6 is 0 Å². The molecular weight excluding hydrogens is 336 g/mol. The number of rotatable bonds is 5. The monoisotopic (exact) mass is 366 g/mol. The summed E-state index contributed by atoms with van der Waals surface area (Å²) in [5.74, 6) is 0. The van der Waals surface area contributed by atoms with Gasteiger partial charge in [-0.1, -0.05) is 51.1 Å². The zero-order valence-electron chi connectivity index (χ0n) is 16.5. The average Bonchev–Trinajstić information content (AvgIpc) is 2.93. The molecule has 1 heterocycles. The smallest absolute Gasteiger partial charge is 0.192 e. The van der Waals surface area contributed by atoms with Crippen molar-refractivity contribution in [1.82, 2.24) is 4.57 Å². The van der Waals surface area contributed by atoms with E-state index in [1.807, 2.05) is 18.2 Å². The van der Waals surface area contributed by atoms with Crippen LogP contribution in [0.25, 0.3) is 22.0 Å². The van der Waals surface area contributed by atoms with Crippen molar-refractivity contribution in [3.05, 3.63) is 54.7 Å². The highest BCUT2D eigenvalue weighted by atomic mass is 28.4. The first-order valence-corrected chi connectivity index (χ1v) is 12.2. The van der Waals surface area contributed by atoms with Gasteiger partial charge in [0.15, 0.2) is 8.32 Å². The Balaban J connectivity index is 1.88. The van der Waals surface area contributed by atoms with Crippen LogP contribution in [0.15, 0.2) is 54.7 Å². The third-order valence-electron chi connectivity index (χ3n) is 5.59. The zero-order valence-corrected chi connectivity index (χ0v) is 17.5. The maximum atomic E-state index is 6.38. The second-order valence-electron chi connectivity index (χ2n) is 8.49. The molecule has 0 saturated carbocycles. The van der Waals surface area contributed by atoms with Gasteiger partial charge in [-0.15, -0.1) is 0 Å². The van der Waals surface area contributed by atoms with E-state index in [-0.39, 0.29) is 5.04 Å². The zero-order chi connectivity index (χ0) is 18.9. The van der Waals surface area contributed by atoms with Crippen molar-refractivity contribution in [1.29, 1.82) is 0 Å².